The normalized spacial score (nSPS) is 14.4. The Morgan fingerprint density at radius 3 is 2.28 bits per heavy atom. The zero-order chi connectivity index (χ0) is 18.4. The minimum Gasteiger partial charge on any atom is -0.497 e. The highest BCUT2D eigenvalue weighted by atomic mass is 32.2. The molecule has 1 aliphatic rings. The number of anilines is 1. The molecule has 0 saturated carbocycles. The Labute approximate surface area is 148 Å². The van der Waals surface area contributed by atoms with Crippen LogP contribution in [0.5, 0.6) is 5.75 Å². The van der Waals surface area contributed by atoms with E-state index < -0.39 is 10.0 Å². The maximum absolute atomic E-state index is 13.4. The first-order chi connectivity index (χ1) is 11.8. The van der Waals surface area contributed by atoms with Crippen LogP contribution >= 0.6 is 0 Å². The largest absolute Gasteiger partial charge is 0.497 e. The predicted molar refractivity (Wildman–Crippen MR) is 97.1 cm³/mol. The van der Waals surface area contributed by atoms with Gasteiger partial charge in [-0.05, 0) is 56.2 Å². The lowest BCUT2D eigenvalue weighted by molar-refractivity contribution is 0.0982. The second kappa shape index (κ2) is 6.19. The van der Waals surface area contributed by atoms with E-state index in [9.17, 15) is 13.2 Å². The lowest BCUT2D eigenvalue weighted by atomic mass is 10.0. The number of ether oxygens (including phenoxy) is 1. The number of sulfonamides is 1. The molecule has 25 heavy (non-hydrogen) atoms. The van der Waals surface area contributed by atoms with Crippen LogP contribution in [0.15, 0.2) is 35.2 Å². The molecule has 0 fully saturated rings. The maximum atomic E-state index is 13.4. The predicted octanol–water partition coefficient (Wildman–Crippen LogP) is 3.40. The van der Waals surface area contributed by atoms with Crippen molar-refractivity contribution in [1.82, 2.24) is 0 Å². The fourth-order valence-electron chi connectivity index (χ4n) is 3.34. The van der Waals surface area contributed by atoms with Gasteiger partial charge >= 0.3 is 0 Å². The van der Waals surface area contributed by atoms with E-state index in [4.69, 9.17) is 4.74 Å². The molecule has 0 spiro atoms. The standard InChI is InChI=1S/C19H21NO4S/c1-12-5-6-17-16(9-12)18(21)7-8-20(17)25(22,23)19-13(2)10-15(24-4)11-14(19)3/h5-6,9-11H,7-8H2,1-4H3. The molecule has 132 valence electrons. The van der Waals surface area contributed by atoms with Crippen molar-refractivity contribution in [2.45, 2.75) is 32.1 Å². The summed E-state index contributed by atoms with van der Waals surface area (Å²) in [4.78, 5) is 12.5. The maximum Gasteiger partial charge on any atom is 0.264 e. The van der Waals surface area contributed by atoms with Gasteiger partial charge in [0.05, 0.1) is 17.7 Å². The van der Waals surface area contributed by atoms with E-state index in [2.05, 4.69) is 0 Å². The first-order valence-corrected chi connectivity index (χ1v) is 9.51. The molecule has 0 aromatic heterocycles. The molecule has 0 N–H and O–H groups in total. The average molecular weight is 359 g/mol. The van der Waals surface area contributed by atoms with Crippen LogP contribution in [-0.4, -0.2) is 27.9 Å². The number of hydrogen-bond acceptors (Lipinski definition) is 4. The summed E-state index contributed by atoms with van der Waals surface area (Å²) < 4.78 is 33.3. The minimum atomic E-state index is -3.77. The van der Waals surface area contributed by atoms with Crippen LogP contribution < -0.4 is 9.04 Å². The average Bonchev–Trinajstić information content (AvgIpc) is 2.54. The second-order valence-electron chi connectivity index (χ2n) is 6.36. The summed E-state index contributed by atoms with van der Waals surface area (Å²) in [6, 6.07) is 8.73. The monoisotopic (exact) mass is 359 g/mol. The first-order valence-electron chi connectivity index (χ1n) is 8.07. The third kappa shape index (κ3) is 2.91. The Hall–Kier alpha value is -2.34. The highest BCUT2D eigenvalue weighted by Crippen LogP contribution is 2.35. The van der Waals surface area contributed by atoms with Gasteiger partial charge in [-0.3, -0.25) is 9.10 Å². The summed E-state index contributed by atoms with van der Waals surface area (Å²) in [6.45, 7) is 5.56. The van der Waals surface area contributed by atoms with Gasteiger partial charge in [-0.2, -0.15) is 0 Å². The molecule has 0 unspecified atom stereocenters. The first kappa shape index (κ1) is 17.5. The van der Waals surface area contributed by atoms with Crippen LogP contribution in [0.1, 0.15) is 33.5 Å². The Kier molecular flexibility index (Phi) is 4.33. The van der Waals surface area contributed by atoms with Crippen LogP contribution in [0.3, 0.4) is 0 Å². The van der Waals surface area contributed by atoms with Crippen molar-refractivity contribution in [2.75, 3.05) is 18.0 Å². The molecule has 0 atom stereocenters. The van der Waals surface area contributed by atoms with Crippen molar-refractivity contribution in [3.63, 3.8) is 0 Å². The number of rotatable bonds is 3. The molecule has 1 heterocycles. The van der Waals surface area contributed by atoms with Gasteiger partial charge in [-0.15, -0.1) is 0 Å². The van der Waals surface area contributed by atoms with Crippen molar-refractivity contribution in [1.29, 1.82) is 0 Å². The van der Waals surface area contributed by atoms with Gasteiger partial charge in [0.1, 0.15) is 5.75 Å². The Morgan fingerprint density at radius 2 is 1.68 bits per heavy atom. The fraction of sp³-hybridized carbons (Fsp3) is 0.316. The molecule has 0 bridgehead atoms. The lowest BCUT2D eigenvalue weighted by Gasteiger charge is -2.31. The highest BCUT2D eigenvalue weighted by Gasteiger charge is 2.34. The molecule has 1 aliphatic heterocycles. The second-order valence-corrected chi connectivity index (χ2v) is 8.16. The van der Waals surface area contributed by atoms with Gasteiger partial charge in [0.25, 0.3) is 10.0 Å². The van der Waals surface area contributed by atoms with Gasteiger partial charge in [-0.25, -0.2) is 8.42 Å². The van der Waals surface area contributed by atoms with Crippen LogP contribution in [0.25, 0.3) is 0 Å². The van der Waals surface area contributed by atoms with E-state index in [1.54, 1.807) is 45.2 Å². The molecule has 0 amide bonds. The number of methoxy groups -OCH3 is 1. The van der Waals surface area contributed by atoms with Crippen LogP contribution in [0, 0.1) is 20.8 Å². The molecular formula is C19H21NO4S. The summed E-state index contributed by atoms with van der Waals surface area (Å²) >= 11 is 0. The van der Waals surface area contributed by atoms with Gasteiger partial charge < -0.3 is 4.74 Å². The van der Waals surface area contributed by atoms with Gasteiger partial charge in [0, 0.05) is 18.5 Å². The molecule has 3 rings (SSSR count). The van der Waals surface area contributed by atoms with E-state index in [1.807, 2.05) is 13.0 Å². The summed E-state index contributed by atoms with van der Waals surface area (Å²) in [5.41, 5.74) is 3.11. The fourth-order valence-corrected chi connectivity index (χ4v) is 5.25. The third-order valence-electron chi connectivity index (χ3n) is 4.48. The van der Waals surface area contributed by atoms with Crippen molar-refractivity contribution in [3.8, 4) is 5.75 Å². The number of aryl methyl sites for hydroxylation is 3. The van der Waals surface area contributed by atoms with E-state index in [0.29, 0.717) is 28.1 Å². The summed E-state index contributed by atoms with van der Waals surface area (Å²) in [5, 5.41) is 0. The molecular weight excluding hydrogens is 338 g/mol. The van der Waals surface area contributed by atoms with E-state index in [0.717, 1.165) is 5.56 Å². The zero-order valence-electron chi connectivity index (χ0n) is 14.8. The quantitative estimate of drug-likeness (QED) is 0.842. The number of carbonyl (C=O) groups is 1. The Morgan fingerprint density at radius 1 is 1.04 bits per heavy atom. The summed E-state index contributed by atoms with van der Waals surface area (Å²) in [7, 11) is -2.22. The topological polar surface area (TPSA) is 63.7 Å². The van der Waals surface area contributed by atoms with Gasteiger partial charge in [0.2, 0.25) is 0 Å². The number of fused-ring (bicyclic) bond motifs is 1. The third-order valence-corrected chi connectivity index (χ3v) is 6.60. The van der Waals surface area contributed by atoms with Crippen molar-refractivity contribution in [2.24, 2.45) is 0 Å². The van der Waals surface area contributed by atoms with Crippen LogP contribution in [0.4, 0.5) is 5.69 Å². The number of carbonyl (C=O) groups excluding carboxylic acids is 1. The van der Waals surface area contributed by atoms with Crippen molar-refractivity contribution in [3.05, 3.63) is 52.6 Å². The van der Waals surface area contributed by atoms with E-state index >= 15 is 0 Å². The number of Topliss-reactive ketones (excluding diaryl/α,β-unsaturated/α-hetero) is 1. The van der Waals surface area contributed by atoms with E-state index in [1.165, 1.54) is 4.31 Å². The van der Waals surface area contributed by atoms with Crippen molar-refractivity contribution >= 4 is 21.5 Å². The molecule has 0 aliphatic carbocycles. The number of nitrogens with zero attached hydrogens (tertiary/aromatic N) is 1. The smallest absolute Gasteiger partial charge is 0.264 e. The summed E-state index contributed by atoms with van der Waals surface area (Å²) in [6.07, 6.45) is 0.184. The van der Waals surface area contributed by atoms with Gasteiger partial charge in [-0.1, -0.05) is 11.6 Å². The van der Waals surface area contributed by atoms with Gasteiger partial charge in [0.15, 0.2) is 5.78 Å². The van der Waals surface area contributed by atoms with Crippen LogP contribution in [-0.2, 0) is 10.0 Å². The highest BCUT2D eigenvalue weighted by molar-refractivity contribution is 7.93. The molecule has 6 heteroatoms. The lowest BCUT2D eigenvalue weighted by Crippen LogP contribution is -2.38. The number of hydrogen-bond donors (Lipinski definition) is 0. The van der Waals surface area contributed by atoms with Crippen LogP contribution in [0.2, 0.25) is 0 Å². The molecule has 2 aromatic rings. The molecule has 0 radical (unpaired) electrons. The van der Waals surface area contributed by atoms with Crippen molar-refractivity contribution < 1.29 is 17.9 Å². The number of benzene rings is 2. The Balaban J connectivity index is 2.17. The van der Waals surface area contributed by atoms with E-state index in [-0.39, 0.29) is 23.6 Å². The zero-order valence-corrected chi connectivity index (χ0v) is 15.6. The molecule has 0 saturated heterocycles. The summed E-state index contributed by atoms with van der Waals surface area (Å²) in [5.74, 6) is 0.604. The SMILES string of the molecule is COc1cc(C)c(S(=O)(=O)N2CCC(=O)c3cc(C)ccc32)c(C)c1. The number of ketones is 1. The molecule has 2 aromatic carbocycles. The minimum absolute atomic E-state index is 0.0201. The Bertz CT molecular complexity index is 940. The molecule has 5 nitrogen and oxygen atoms in total.